The van der Waals surface area contributed by atoms with Crippen molar-refractivity contribution in [3.05, 3.63) is 59.2 Å². The highest BCUT2D eigenvalue weighted by molar-refractivity contribution is 7.16. The Kier molecular flexibility index (Phi) is 2.90. The second-order valence-corrected chi connectivity index (χ2v) is 5.88. The summed E-state index contributed by atoms with van der Waals surface area (Å²) < 4.78 is 7.88. The van der Waals surface area contributed by atoms with Crippen LogP contribution in [0.25, 0.3) is 21.0 Å². The molecule has 2 heterocycles. The SMILES string of the molecule is Cn1c(=NC(=O)c2ccno2)sc2ccc3ccccc3c21. The normalized spacial score (nSPS) is 12.3. The molecule has 108 valence electrons. The largest absolute Gasteiger partial charge is 0.351 e. The summed E-state index contributed by atoms with van der Waals surface area (Å²) in [5.41, 5.74) is 1.08. The third-order valence-electron chi connectivity index (χ3n) is 3.53. The van der Waals surface area contributed by atoms with Crippen molar-refractivity contribution < 1.29 is 9.32 Å². The van der Waals surface area contributed by atoms with E-state index in [1.807, 2.05) is 23.7 Å². The number of hydrogen-bond acceptors (Lipinski definition) is 4. The maximum Gasteiger partial charge on any atom is 0.318 e. The standard InChI is InChI=1S/C16H11N3O2S/c1-19-14-11-5-3-2-4-10(11)6-7-13(14)22-16(19)18-15(20)12-8-9-17-21-12/h2-9H,1H3. The number of aromatic nitrogens is 2. The molecule has 0 aliphatic rings. The first-order valence-corrected chi connectivity index (χ1v) is 7.53. The first-order chi connectivity index (χ1) is 10.7. The van der Waals surface area contributed by atoms with Crippen LogP contribution in [-0.4, -0.2) is 15.6 Å². The molecule has 0 aliphatic carbocycles. The summed E-state index contributed by atoms with van der Waals surface area (Å²) in [7, 11) is 1.91. The van der Waals surface area contributed by atoms with Crippen LogP contribution in [-0.2, 0) is 7.05 Å². The van der Waals surface area contributed by atoms with Gasteiger partial charge >= 0.3 is 5.91 Å². The number of aryl methyl sites for hydroxylation is 1. The van der Waals surface area contributed by atoms with Gasteiger partial charge in [0.05, 0.1) is 16.4 Å². The number of carbonyl (C=O) groups is 1. The van der Waals surface area contributed by atoms with Gasteiger partial charge in [0.2, 0.25) is 5.76 Å². The molecule has 0 spiro atoms. The summed E-state index contributed by atoms with van der Waals surface area (Å²) in [6.45, 7) is 0. The van der Waals surface area contributed by atoms with Crippen molar-refractivity contribution in [1.29, 1.82) is 0 Å². The molecular formula is C16H11N3O2S. The molecule has 2 aromatic carbocycles. The lowest BCUT2D eigenvalue weighted by molar-refractivity contribution is 0.0962. The summed E-state index contributed by atoms with van der Waals surface area (Å²) in [4.78, 5) is 16.8. The van der Waals surface area contributed by atoms with E-state index in [9.17, 15) is 4.79 Å². The molecule has 0 bridgehead atoms. The number of amides is 1. The van der Waals surface area contributed by atoms with Crippen LogP contribution < -0.4 is 4.80 Å². The van der Waals surface area contributed by atoms with Gasteiger partial charge in [-0.3, -0.25) is 4.79 Å². The zero-order valence-corrected chi connectivity index (χ0v) is 12.5. The molecule has 0 saturated carbocycles. The lowest BCUT2D eigenvalue weighted by atomic mass is 10.1. The average Bonchev–Trinajstić information content (AvgIpc) is 3.17. The monoisotopic (exact) mass is 309 g/mol. The highest BCUT2D eigenvalue weighted by Gasteiger charge is 2.11. The van der Waals surface area contributed by atoms with Crippen LogP contribution in [0.4, 0.5) is 0 Å². The fraction of sp³-hybridized carbons (Fsp3) is 0.0625. The first-order valence-electron chi connectivity index (χ1n) is 6.71. The zero-order valence-electron chi connectivity index (χ0n) is 11.7. The molecule has 0 N–H and O–H groups in total. The molecule has 0 atom stereocenters. The average molecular weight is 309 g/mol. The Morgan fingerprint density at radius 3 is 2.91 bits per heavy atom. The molecule has 0 aliphatic heterocycles. The Hall–Kier alpha value is -2.73. The quantitative estimate of drug-likeness (QED) is 0.543. The molecule has 5 nitrogen and oxygen atoms in total. The van der Waals surface area contributed by atoms with Crippen molar-refractivity contribution in [3.8, 4) is 0 Å². The van der Waals surface area contributed by atoms with Gasteiger partial charge < -0.3 is 9.09 Å². The molecule has 1 amide bonds. The second kappa shape index (κ2) is 4.92. The maximum absolute atomic E-state index is 12.1. The lowest BCUT2D eigenvalue weighted by Crippen LogP contribution is -2.13. The van der Waals surface area contributed by atoms with E-state index >= 15 is 0 Å². The van der Waals surface area contributed by atoms with Gasteiger partial charge in [0, 0.05) is 18.5 Å². The highest BCUT2D eigenvalue weighted by Crippen LogP contribution is 2.26. The number of benzene rings is 2. The van der Waals surface area contributed by atoms with E-state index < -0.39 is 5.91 Å². The van der Waals surface area contributed by atoms with Crippen molar-refractivity contribution in [2.45, 2.75) is 0 Å². The third kappa shape index (κ3) is 1.96. The Labute approximate surface area is 129 Å². The van der Waals surface area contributed by atoms with E-state index in [0.717, 1.165) is 21.0 Å². The number of carbonyl (C=O) groups excluding carboxylic acids is 1. The van der Waals surface area contributed by atoms with Gasteiger partial charge in [-0.05, 0) is 11.5 Å². The van der Waals surface area contributed by atoms with E-state index in [2.05, 4.69) is 34.4 Å². The Morgan fingerprint density at radius 2 is 2.09 bits per heavy atom. The smallest absolute Gasteiger partial charge is 0.318 e. The van der Waals surface area contributed by atoms with Crippen LogP contribution in [0.1, 0.15) is 10.6 Å². The van der Waals surface area contributed by atoms with Crippen LogP contribution >= 0.6 is 11.3 Å². The van der Waals surface area contributed by atoms with Crippen LogP contribution in [0.5, 0.6) is 0 Å². The van der Waals surface area contributed by atoms with Gasteiger partial charge in [0.15, 0.2) is 4.80 Å². The van der Waals surface area contributed by atoms with Gasteiger partial charge in [-0.25, -0.2) is 0 Å². The highest BCUT2D eigenvalue weighted by atomic mass is 32.1. The lowest BCUT2D eigenvalue weighted by Gasteiger charge is -2.01. The molecule has 4 aromatic rings. The molecular weight excluding hydrogens is 298 g/mol. The Balaban J connectivity index is 1.98. The van der Waals surface area contributed by atoms with Crippen molar-refractivity contribution in [2.24, 2.45) is 12.0 Å². The summed E-state index contributed by atoms with van der Waals surface area (Å²) >= 11 is 1.48. The van der Waals surface area contributed by atoms with E-state index in [1.54, 1.807) is 0 Å². The zero-order chi connectivity index (χ0) is 15.1. The maximum atomic E-state index is 12.1. The predicted octanol–water partition coefficient (Wildman–Crippen LogP) is 3.12. The van der Waals surface area contributed by atoms with Crippen molar-refractivity contribution in [2.75, 3.05) is 0 Å². The molecule has 0 unspecified atom stereocenters. The fourth-order valence-corrected chi connectivity index (χ4v) is 3.52. The molecule has 6 heteroatoms. The number of fused-ring (bicyclic) bond motifs is 3. The topological polar surface area (TPSA) is 60.4 Å². The van der Waals surface area contributed by atoms with Crippen LogP contribution in [0, 0.1) is 0 Å². The van der Waals surface area contributed by atoms with Gasteiger partial charge in [-0.2, -0.15) is 4.99 Å². The van der Waals surface area contributed by atoms with Gasteiger partial charge in [-0.1, -0.05) is 46.8 Å². The Bertz CT molecular complexity index is 1060. The van der Waals surface area contributed by atoms with E-state index in [4.69, 9.17) is 4.52 Å². The number of nitrogens with zero attached hydrogens (tertiary/aromatic N) is 3. The summed E-state index contributed by atoms with van der Waals surface area (Å²) in [5, 5.41) is 5.84. The minimum Gasteiger partial charge on any atom is -0.351 e. The summed E-state index contributed by atoms with van der Waals surface area (Å²) in [5.74, 6) is -0.286. The van der Waals surface area contributed by atoms with E-state index in [0.29, 0.717) is 4.80 Å². The van der Waals surface area contributed by atoms with Crippen molar-refractivity contribution in [1.82, 2.24) is 9.72 Å². The van der Waals surface area contributed by atoms with E-state index in [-0.39, 0.29) is 5.76 Å². The number of rotatable bonds is 1. The number of thiazole rings is 1. The molecule has 2 aromatic heterocycles. The van der Waals surface area contributed by atoms with Gasteiger partial charge in [0.1, 0.15) is 0 Å². The van der Waals surface area contributed by atoms with Gasteiger partial charge in [-0.15, -0.1) is 0 Å². The van der Waals surface area contributed by atoms with Crippen molar-refractivity contribution in [3.63, 3.8) is 0 Å². The first kappa shape index (κ1) is 13.0. The molecule has 0 fully saturated rings. The molecule has 0 radical (unpaired) electrons. The number of hydrogen-bond donors (Lipinski definition) is 0. The Morgan fingerprint density at radius 1 is 1.23 bits per heavy atom. The minimum atomic E-state index is -0.427. The predicted molar refractivity (Wildman–Crippen MR) is 84.7 cm³/mol. The molecule has 0 saturated heterocycles. The summed E-state index contributed by atoms with van der Waals surface area (Å²) in [6.07, 6.45) is 1.43. The van der Waals surface area contributed by atoms with Crippen LogP contribution in [0.15, 0.2) is 58.2 Å². The van der Waals surface area contributed by atoms with Crippen molar-refractivity contribution >= 4 is 38.2 Å². The fourth-order valence-electron chi connectivity index (χ4n) is 2.49. The van der Waals surface area contributed by atoms with Gasteiger partial charge in [0.25, 0.3) is 0 Å². The van der Waals surface area contributed by atoms with Crippen LogP contribution in [0.3, 0.4) is 0 Å². The van der Waals surface area contributed by atoms with Crippen LogP contribution in [0.2, 0.25) is 0 Å². The molecule has 4 rings (SSSR count). The molecule has 22 heavy (non-hydrogen) atoms. The minimum absolute atomic E-state index is 0.141. The third-order valence-corrected chi connectivity index (χ3v) is 4.63. The van der Waals surface area contributed by atoms with E-state index in [1.165, 1.54) is 23.6 Å². The summed E-state index contributed by atoms with van der Waals surface area (Å²) in [6, 6.07) is 13.8. The second-order valence-electron chi connectivity index (χ2n) is 4.87.